The second-order valence-corrected chi connectivity index (χ2v) is 6.52. The first kappa shape index (κ1) is 16.3. The number of carbonyl (C=O) groups is 1. The number of para-hydroxylation sites is 1. The van der Waals surface area contributed by atoms with E-state index in [-0.39, 0.29) is 12.7 Å². The van der Waals surface area contributed by atoms with E-state index >= 15 is 0 Å². The number of hydrogen-bond acceptors (Lipinski definition) is 7. The average Bonchev–Trinajstić information content (AvgIpc) is 3.31. The zero-order chi connectivity index (χ0) is 17.9. The molecule has 1 aromatic heterocycles. The van der Waals surface area contributed by atoms with Gasteiger partial charge in [0.2, 0.25) is 11.9 Å². The summed E-state index contributed by atoms with van der Waals surface area (Å²) in [4.78, 5) is 12.3. The molecule has 0 fully saturated rings. The first-order valence-electron chi connectivity index (χ1n) is 7.95. The minimum Gasteiger partial charge on any atom is -0.481 e. The fraction of sp³-hybridized carbons (Fsp3) is 0.167. The number of amides is 1. The number of nitrogens with zero attached hydrogens (tertiary/aromatic N) is 2. The predicted molar refractivity (Wildman–Crippen MR) is 96.6 cm³/mol. The van der Waals surface area contributed by atoms with E-state index in [0.29, 0.717) is 27.4 Å². The summed E-state index contributed by atoms with van der Waals surface area (Å²) in [5, 5.41) is 12.0. The number of rotatable bonds is 5. The predicted octanol–water partition coefficient (Wildman–Crippen LogP) is 3.34. The molecule has 1 N–H and O–H groups in total. The largest absolute Gasteiger partial charge is 0.481 e. The second kappa shape index (κ2) is 7.01. The number of carbonyl (C=O) groups excluding carboxylic acids is 1. The van der Waals surface area contributed by atoms with Crippen LogP contribution in [0.5, 0.6) is 17.2 Å². The molecule has 0 spiro atoms. The molecule has 0 saturated carbocycles. The zero-order valence-electron chi connectivity index (χ0n) is 13.8. The van der Waals surface area contributed by atoms with Gasteiger partial charge in [-0.3, -0.25) is 10.1 Å². The third-order valence-corrected chi connectivity index (χ3v) is 4.59. The van der Waals surface area contributed by atoms with Gasteiger partial charge in [0.15, 0.2) is 17.6 Å². The number of aromatic nitrogens is 2. The van der Waals surface area contributed by atoms with Crippen molar-refractivity contribution in [2.24, 2.45) is 0 Å². The van der Waals surface area contributed by atoms with Gasteiger partial charge in [-0.15, -0.1) is 10.2 Å². The third kappa shape index (κ3) is 3.45. The van der Waals surface area contributed by atoms with Crippen LogP contribution in [0, 0.1) is 0 Å². The summed E-state index contributed by atoms with van der Waals surface area (Å²) in [6, 6.07) is 14.7. The van der Waals surface area contributed by atoms with Gasteiger partial charge in [-0.1, -0.05) is 29.5 Å². The topological polar surface area (TPSA) is 82.6 Å². The molecule has 132 valence electrons. The Kier molecular flexibility index (Phi) is 4.40. The van der Waals surface area contributed by atoms with Crippen LogP contribution in [0.4, 0.5) is 5.13 Å². The molecule has 3 aromatic rings. The lowest BCUT2D eigenvalue weighted by Gasteiger charge is -2.13. The molecule has 0 aliphatic carbocycles. The highest BCUT2D eigenvalue weighted by Crippen LogP contribution is 2.37. The molecule has 1 amide bonds. The standard InChI is InChI=1S/C18H15N3O4S/c1-11(25-13-5-3-2-4-6-13)16(22)19-18-21-20-17(26-18)12-7-8-14-15(9-12)24-10-23-14/h2-9,11H,10H2,1H3,(H,19,21,22). The van der Waals surface area contributed by atoms with E-state index in [1.807, 2.05) is 36.4 Å². The van der Waals surface area contributed by atoms with Gasteiger partial charge in [0, 0.05) is 5.56 Å². The van der Waals surface area contributed by atoms with Crippen LogP contribution >= 0.6 is 11.3 Å². The van der Waals surface area contributed by atoms with E-state index in [9.17, 15) is 4.79 Å². The minimum absolute atomic E-state index is 0.218. The van der Waals surface area contributed by atoms with Crippen molar-refractivity contribution >= 4 is 22.4 Å². The van der Waals surface area contributed by atoms with Gasteiger partial charge in [-0.2, -0.15) is 0 Å². The summed E-state index contributed by atoms with van der Waals surface area (Å²) >= 11 is 1.28. The molecule has 26 heavy (non-hydrogen) atoms. The zero-order valence-corrected chi connectivity index (χ0v) is 14.7. The van der Waals surface area contributed by atoms with Gasteiger partial charge < -0.3 is 14.2 Å². The molecule has 1 aliphatic heterocycles. The highest BCUT2D eigenvalue weighted by molar-refractivity contribution is 7.18. The van der Waals surface area contributed by atoms with Crippen LogP contribution < -0.4 is 19.5 Å². The average molecular weight is 369 g/mol. The molecular weight excluding hydrogens is 354 g/mol. The fourth-order valence-corrected chi connectivity index (χ4v) is 3.13. The molecule has 7 nitrogen and oxygen atoms in total. The highest BCUT2D eigenvalue weighted by atomic mass is 32.1. The Hall–Kier alpha value is -3.13. The lowest BCUT2D eigenvalue weighted by molar-refractivity contribution is -0.122. The second-order valence-electron chi connectivity index (χ2n) is 5.54. The van der Waals surface area contributed by atoms with Crippen LogP contribution in [-0.2, 0) is 4.79 Å². The van der Waals surface area contributed by atoms with Gasteiger partial charge in [-0.25, -0.2) is 0 Å². The molecule has 1 unspecified atom stereocenters. The van der Waals surface area contributed by atoms with Gasteiger partial charge in [0.05, 0.1) is 0 Å². The smallest absolute Gasteiger partial charge is 0.266 e. The quantitative estimate of drug-likeness (QED) is 0.743. The van der Waals surface area contributed by atoms with E-state index < -0.39 is 6.10 Å². The molecular formula is C18H15N3O4S. The van der Waals surface area contributed by atoms with E-state index in [1.54, 1.807) is 19.1 Å². The van der Waals surface area contributed by atoms with Crippen molar-refractivity contribution in [3.8, 4) is 27.8 Å². The molecule has 0 radical (unpaired) electrons. The van der Waals surface area contributed by atoms with Gasteiger partial charge in [0.1, 0.15) is 10.8 Å². The SMILES string of the molecule is CC(Oc1ccccc1)C(=O)Nc1nnc(-c2ccc3c(c2)OCO3)s1. The summed E-state index contributed by atoms with van der Waals surface area (Å²) in [7, 11) is 0. The Balaban J connectivity index is 1.42. The van der Waals surface area contributed by atoms with E-state index in [4.69, 9.17) is 14.2 Å². The number of nitrogens with one attached hydrogen (secondary N) is 1. The van der Waals surface area contributed by atoms with E-state index in [0.717, 1.165) is 5.56 Å². The van der Waals surface area contributed by atoms with Crippen molar-refractivity contribution in [2.75, 3.05) is 12.1 Å². The molecule has 1 aliphatic rings. The summed E-state index contributed by atoms with van der Waals surface area (Å²) in [5.74, 6) is 1.72. The first-order chi connectivity index (χ1) is 12.7. The van der Waals surface area contributed by atoms with Crippen molar-refractivity contribution in [1.29, 1.82) is 0 Å². The van der Waals surface area contributed by atoms with Crippen molar-refractivity contribution in [3.05, 3.63) is 48.5 Å². The van der Waals surface area contributed by atoms with Gasteiger partial charge in [-0.05, 0) is 37.3 Å². The lowest BCUT2D eigenvalue weighted by Crippen LogP contribution is -2.30. The lowest BCUT2D eigenvalue weighted by atomic mass is 10.2. The fourth-order valence-electron chi connectivity index (χ4n) is 2.38. The molecule has 8 heteroatoms. The molecule has 2 aromatic carbocycles. The number of anilines is 1. The van der Waals surface area contributed by atoms with E-state index in [1.165, 1.54) is 11.3 Å². The molecule has 2 heterocycles. The maximum Gasteiger partial charge on any atom is 0.266 e. The van der Waals surface area contributed by atoms with E-state index in [2.05, 4.69) is 15.5 Å². The number of fused-ring (bicyclic) bond motifs is 1. The number of ether oxygens (including phenoxy) is 3. The van der Waals surface area contributed by atoms with Gasteiger partial charge >= 0.3 is 0 Å². The van der Waals surface area contributed by atoms with Crippen LogP contribution in [-0.4, -0.2) is 29.0 Å². The molecule has 0 bridgehead atoms. The molecule has 4 rings (SSSR count). The van der Waals surface area contributed by atoms with Crippen LogP contribution in [0.15, 0.2) is 48.5 Å². The summed E-state index contributed by atoms with van der Waals surface area (Å²) in [5.41, 5.74) is 0.848. The third-order valence-electron chi connectivity index (χ3n) is 3.70. The van der Waals surface area contributed by atoms with Crippen molar-refractivity contribution in [3.63, 3.8) is 0 Å². The Morgan fingerprint density at radius 3 is 2.81 bits per heavy atom. The van der Waals surface area contributed by atoms with Crippen LogP contribution in [0.3, 0.4) is 0 Å². The maximum atomic E-state index is 12.3. The monoisotopic (exact) mass is 369 g/mol. The highest BCUT2D eigenvalue weighted by Gasteiger charge is 2.19. The van der Waals surface area contributed by atoms with Crippen LogP contribution in [0.25, 0.3) is 10.6 Å². The molecule has 0 saturated heterocycles. The molecule has 1 atom stereocenters. The van der Waals surface area contributed by atoms with Crippen molar-refractivity contribution < 1.29 is 19.0 Å². The summed E-state index contributed by atoms with van der Waals surface area (Å²) in [6.07, 6.45) is -0.657. The maximum absolute atomic E-state index is 12.3. The Morgan fingerprint density at radius 2 is 1.96 bits per heavy atom. The minimum atomic E-state index is -0.657. The normalized spacial score (nSPS) is 13.3. The van der Waals surface area contributed by atoms with Crippen LogP contribution in [0.1, 0.15) is 6.92 Å². The summed E-state index contributed by atoms with van der Waals surface area (Å²) < 4.78 is 16.3. The number of benzene rings is 2. The Bertz CT molecular complexity index is 929. The Labute approximate surface area is 153 Å². The summed E-state index contributed by atoms with van der Waals surface area (Å²) in [6.45, 7) is 1.90. The Morgan fingerprint density at radius 1 is 1.15 bits per heavy atom. The van der Waals surface area contributed by atoms with Crippen molar-refractivity contribution in [1.82, 2.24) is 10.2 Å². The van der Waals surface area contributed by atoms with Gasteiger partial charge in [0.25, 0.3) is 5.91 Å². The van der Waals surface area contributed by atoms with Crippen LogP contribution in [0.2, 0.25) is 0 Å². The first-order valence-corrected chi connectivity index (χ1v) is 8.77. The number of hydrogen-bond donors (Lipinski definition) is 1. The van der Waals surface area contributed by atoms with Crippen molar-refractivity contribution in [2.45, 2.75) is 13.0 Å².